The Morgan fingerprint density at radius 2 is 1.74 bits per heavy atom. The topological polar surface area (TPSA) is 128 Å². The Hall–Kier alpha value is -3.75. The average molecular weight is 371 g/mol. The number of esters is 1. The Balaban J connectivity index is 1.98. The van der Waals surface area contributed by atoms with Gasteiger partial charge in [-0.25, -0.2) is 0 Å². The molecule has 0 radical (unpaired) electrons. The summed E-state index contributed by atoms with van der Waals surface area (Å²) in [4.78, 5) is 45.3. The summed E-state index contributed by atoms with van der Waals surface area (Å²) in [6.07, 6.45) is 0.0510. The van der Waals surface area contributed by atoms with E-state index in [9.17, 15) is 24.5 Å². The molecule has 0 unspecified atom stereocenters. The van der Waals surface area contributed by atoms with Crippen molar-refractivity contribution in [3.63, 3.8) is 0 Å². The largest absolute Gasteiger partial charge is 0.468 e. The fourth-order valence-corrected chi connectivity index (χ4v) is 2.22. The first kappa shape index (κ1) is 19.6. The van der Waals surface area contributed by atoms with Crippen LogP contribution in [0.4, 0.5) is 11.4 Å². The predicted molar refractivity (Wildman–Crippen MR) is 96.2 cm³/mol. The molecular weight excluding hydrogens is 354 g/mol. The van der Waals surface area contributed by atoms with E-state index in [1.807, 2.05) is 0 Å². The molecule has 2 rings (SSSR count). The molecule has 0 aliphatic heterocycles. The molecule has 2 N–H and O–H groups in total. The molecule has 2 aromatic rings. The highest BCUT2D eigenvalue weighted by Crippen LogP contribution is 2.19. The first-order valence-electron chi connectivity index (χ1n) is 7.88. The van der Waals surface area contributed by atoms with Crippen LogP contribution in [0.25, 0.3) is 0 Å². The summed E-state index contributed by atoms with van der Waals surface area (Å²) in [6, 6.07) is 12.1. The number of hydrogen-bond acceptors (Lipinski definition) is 6. The lowest BCUT2D eigenvalue weighted by Crippen LogP contribution is -2.31. The molecule has 0 aromatic heterocycles. The second-order valence-corrected chi connectivity index (χ2v) is 5.45. The molecular formula is C18H17N3O6. The van der Waals surface area contributed by atoms with Crippen molar-refractivity contribution in [2.45, 2.75) is 6.42 Å². The first-order valence-corrected chi connectivity index (χ1v) is 7.88. The Labute approximate surface area is 154 Å². The van der Waals surface area contributed by atoms with Crippen LogP contribution in [0.3, 0.4) is 0 Å². The number of nitro groups is 1. The van der Waals surface area contributed by atoms with E-state index in [0.29, 0.717) is 11.3 Å². The first-order chi connectivity index (χ1) is 12.9. The predicted octanol–water partition coefficient (Wildman–Crippen LogP) is 1.68. The average Bonchev–Trinajstić information content (AvgIpc) is 2.67. The van der Waals surface area contributed by atoms with Crippen LogP contribution in [-0.4, -0.2) is 36.4 Å². The third-order valence-corrected chi connectivity index (χ3v) is 3.58. The van der Waals surface area contributed by atoms with Crippen molar-refractivity contribution < 1.29 is 24.0 Å². The number of ether oxygens (including phenoxy) is 1. The minimum atomic E-state index is -0.620. The summed E-state index contributed by atoms with van der Waals surface area (Å²) in [5.74, 6) is -1.50. The maximum absolute atomic E-state index is 12.3. The van der Waals surface area contributed by atoms with Crippen LogP contribution in [0, 0.1) is 10.1 Å². The maximum Gasteiger partial charge on any atom is 0.325 e. The van der Waals surface area contributed by atoms with Gasteiger partial charge in [-0.3, -0.25) is 24.5 Å². The van der Waals surface area contributed by atoms with Gasteiger partial charge in [-0.1, -0.05) is 24.3 Å². The number of carbonyl (C=O) groups excluding carboxylic acids is 3. The number of nitrogens with one attached hydrogen (secondary N) is 2. The lowest BCUT2D eigenvalue weighted by Gasteiger charge is -2.07. The van der Waals surface area contributed by atoms with E-state index in [1.54, 1.807) is 24.3 Å². The highest BCUT2D eigenvalue weighted by molar-refractivity contribution is 6.07. The van der Waals surface area contributed by atoms with Gasteiger partial charge in [-0.05, 0) is 23.8 Å². The van der Waals surface area contributed by atoms with Gasteiger partial charge in [-0.2, -0.15) is 0 Å². The van der Waals surface area contributed by atoms with Crippen LogP contribution in [0.5, 0.6) is 0 Å². The van der Waals surface area contributed by atoms with Crippen molar-refractivity contribution in [1.82, 2.24) is 5.32 Å². The van der Waals surface area contributed by atoms with Gasteiger partial charge in [0.25, 0.3) is 11.6 Å². The van der Waals surface area contributed by atoms with Gasteiger partial charge in [-0.15, -0.1) is 0 Å². The Kier molecular flexibility index (Phi) is 6.59. The van der Waals surface area contributed by atoms with Crippen LogP contribution in [-0.2, 0) is 20.7 Å². The molecule has 0 saturated carbocycles. The molecule has 2 aromatic carbocycles. The van der Waals surface area contributed by atoms with Crippen molar-refractivity contribution in [2.75, 3.05) is 19.0 Å². The van der Waals surface area contributed by atoms with Gasteiger partial charge in [0.2, 0.25) is 5.91 Å². The van der Waals surface area contributed by atoms with Gasteiger partial charge < -0.3 is 15.4 Å². The van der Waals surface area contributed by atoms with Gasteiger partial charge >= 0.3 is 5.97 Å². The lowest BCUT2D eigenvalue weighted by atomic mass is 10.1. The van der Waals surface area contributed by atoms with E-state index in [2.05, 4.69) is 15.4 Å². The zero-order valence-electron chi connectivity index (χ0n) is 14.4. The van der Waals surface area contributed by atoms with Crippen LogP contribution in [0.1, 0.15) is 15.9 Å². The quantitative estimate of drug-likeness (QED) is 0.433. The maximum atomic E-state index is 12.3. The summed E-state index contributed by atoms with van der Waals surface area (Å²) in [5.41, 5.74) is 0.764. The zero-order chi connectivity index (χ0) is 19.8. The van der Waals surface area contributed by atoms with Crippen LogP contribution in [0.2, 0.25) is 0 Å². The number of nitro benzene ring substituents is 1. The van der Waals surface area contributed by atoms with E-state index in [4.69, 9.17) is 0 Å². The summed E-state index contributed by atoms with van der Waals surface area (Å²) < 4.78 is 4.43. The minimum Gasteiger partial charge on any atom is -0.468 e. The van der Waals surface area contributed by atoms with Gasteiger partial charge in [0.1, 0.15) is 12.1 Å². The lowest BCUT2D eigenvalue weighted by molar-refractivity contribution is -0.385. The van der Waals surface area contributed by atoms with Crippen molar-refractivity contribution >= 4 is 29.2 Å². The smallest absolute Gasteiger partial charge is 0.325 e. The van der Waals surface area contributed by atoms with Crippen LogP contribution >= 0.6 is 0 Å². The van der Waals surface area contributed by atoms with Crippen molar-refractivity contribution in [1.29, 1.82) is 0 Å². The number of rotatable bonds is 7. The highest BCUT2D eigenvalue weighted by Gasteiger charge is 2.19. The van der Waals surface area contributed by atoms with Gasteiger partial charge in [0.05, 0.1) is 18.5 Å². The summed E-state index contributed by atoms with van der Waals surface area (Å²) in [7, 11) is 1.23. The van der Waals surface area contributed by atoms with Gasteiger partial charge in [0.15, 0.2) is 0 Å². The standard InChI is InChI=1S/C18H17N3O6/c1-27-17(23)11-19-16(22)10-12-6-8-13(9-7-12)20-18(24)14-4-2-3-5-15(14)21(25)26/h2-9H,10-11H2,1H3,(H,19,22)(H,20,24). The molecule has 0 spiro atoms. The molecule has 27 heavy (non-hydrogen) atoms. The Morgan fingerprint density at radius 1 is 1.07 bits per heavy atom. The number of hydrogen-bond donors (Lipinski definition) is 2. The number of anilines is 1. The molecule has 0 aliphatic carbocycles. The van der Waals surface area contributed by atoms with Crippen molar-refractivity contribution in [3.05, 3.63) is 69.8 Å². The third kappa shape index (κ3) is 5.63. The second-order valence-electron chi connectivity index (χ2n) is 5.45. The molecule has 0 heterocycles. The number of para-hydroxylation sites is 1. The van der Waals surface area contributed by atoms with E-state index >= 15 is 0 Å². The van der Waals surface area contributed by atoms with Crippen LogP contribution in [0.15, 0.2) is 48.5 Å². The third-order valence-electron chi connectivity index (χ3n) is 3.58. The number of methoxy groups -OCH3 is 1. The Bertz CT molecular complexity index is 864. The molecule has 140 valence electrons. The summed E-state index contributed by atoms with van der Waals surface area (Å²) in [5, 5.41) is 16.0. The monoisotopic (exact) mass is 371 g/mol. The fourth-order valence-electron chi connectivity index (χ4n) is 2.22. The van der Waals surface area contributed by atoms with E-state index in [0.717, 1.165) is 0 Å². The summed E-state index contributed by atoms with van der Waals surface area (Å²) in [6.45, 7) is -0.209. The van der Waals surface area contributed by atoms with Crippen molar-refractivity contribution in [2.24, 2.45) is 0 Å². The zero-order valence-corrected chi connectivity index (χ0v) is 14.4. The van der Waals surface area contributed by atoms with Crippen molar-refractivity contribution in [3.8, 4) is 0 Å². The molecule has 0 saturated heterocycles. The molecule has 2 amide bonds. The number of amides is 2. The van der Waals surface area contributed by atoms with Crippen LogP contribution < -0.4 is 10.6 Å². The summed E-state index contributed by atoms with van der Waals surface area (Å²) >= 11 is 0. The van der Waals surface area contributed by atoms with E-state index in [-0.39, 0.29) is 30.1 Å². The molecule has 0 aliphatic rings. The molecule has 0 atom stereocenters. The normalized spacial score (nSPS) is 9.96. The highest BCUT2D eigenvalue weighted by atomic mass is 16.6. The molecule has 0 fully saturated rings. The fraction of sp³-hybridized carbons (Fsp3) is 0.167. The number of carbonyl (C=O) groups is 3. The Morgan fingerprint density at radius 3 is 2.37 bits per heavy atom. The molecule has 9 heteroatoms. The molecule has 9 nitrogen and oxygen atoms in total. The van der Waals surface area contributed by atoms with E-state index in [1.165, 1.54) is 31.4 Å². The minimum absolute atomic E-state index is 0.0474. The van der Waals surface area contributed by atoms with E-state index < -0.39 is 16.8 Å². The second kappa shape index (κ2) is 9.09. The van der Waals surface area contributed by atoms with Gasteiger partial charge in [0, 0.05) is 11.8 Å². The molecule has 0 bridgehead atoms. The SMILES string of the molecule is COC(=O)CNC(=O)Cc1ccc(NC(=O)c2ccccc2[N+](=O)[O-])cc1. The number of nitrogens with zero attached hydrogens (tertiary/aromatic N) is 1. The number of benzene rings is 2.